The van der Waals surface area contributed by atoms with Crippen LogP contribution in [0.2, 0.25) is 0 Å². The van der Waals surface area contributed by atoms with E-state index in [1.54, 1.807) is 7.05 Å². The number of hydrogen-bond acceptors (Lipinski definition) is 4. The van der Waals surface area contributed by atoms with Crippen LogP contribution in [0.25, 0.3) is 0 Å². The zero-order chi connectivity index (χ0) is 10.8. The summed E-state index contributed by atoms with van der Waals surface area (Å²) in [6.45, 7) is 3.09. The van der Waals surface area contributed by atoms with Crippen LogP contribution < -0.4 is 14.4 Å². The highest BCUT2D eigenvalue weighted by Crippen LogP contribution is 2.36. The standard InChI is InChI=1S/C11H12N2O2/c1-8-5-10-11(15-4-3-14-10)6-9(8)13(2)7-12/h5-6H,3-4H2,1-2H3. The normalized spacial score (nSPS) is 13.1. The van der Waals surface area contributed by atoms with Gasteiger partial charge in [0, 0.05) is 13.1 Å². The quantitative estimate of drug-likeness (QED) is 0.515. The molecule has 0 atom stereocenters. The molecule has 4 heteroatoms. The second-order valence-electron chi connectivity index (χ2n) is 3.44. The number of rotatable bonds is 1. The zero-order valence-corrected chi connectivity index (χ0v) is 8.78. The van der Waals surface area contributed by atoms with Crippen LogP contribution >= 0.6 is 0 Å². The molecule has 0 unspecified atom stereocenters. The minimum absolute atomic E-state index is 0.561. The van der Waals surface area contributed by atoms with Crippen LogP contribution in [0.5, 0.6) is 11.5 Å². The smallest absolute Gasteiger partial charge is 0.184 e. The molecule has 0 aromatic heterocycles. The maximum Gasteiger partial charge on any atom is 0.184 e. The Bertz CT molecular complexity index is 423. The van der Waals surface area contributed by atoms with E-state index in [2.05, 4.69) is 6.19 Å². The van der Waals surface area contributed by atoms with Gasteiger partial charge in [-0.3, -0.25) is 4.90 Å². The van der Waals surface area contributed by atoms with Crippen molar-refractivity contribution in [3.05, 3.63) is 17.7 Å². The van der Waals surface area contributed by atoms with Gasteiger partial charge in [-0.25, -0.2) is 0 Å². The first-order chi connectivity index (χ1) is 7.22. The third kappa shape index (κ3) is 1.68. The van der Waals surface area contributed by atoms with Crippen molar-refractivity contribution in [1.82, 2.24) is 0 Å². The molecule has 0 N–H and O–H groups in total. The molecule has 0 amide bonds. The second kappa shape index (κ2) is 3.70. The number of anilines is 1. The van der Waals surface area contributed by atoms with Gasteiger partial charge < -0.3 is 9.47 Å². The van der Waals surface area contributed by atoms with Gasteiger partial charge in [-0.1, -0.05) is 0 Å². The Morgan fingerprint density at radius 2 is 1.87 bits per heavy atom. The lowest BCUT2D eigenvalue weighted by Gasteiger charge is -2.21. The van der Waals surface area contributed by atoms with Crippen molar-refractivity contribution < 1.29 is 9.47 Å². The summed E-state index contributed by atoms with van der Waals surface area (Å²) >= 11 is 0. The van der Waals surface area contributed by atoms with Gasteiger partial charge in [-0.2, -0.15) is 5.26 Å². The first-order valence-electron chi connectivity index (χ1n) is 4.76. The molecule has 0 fully saturated rings. The molecule has 0 bridgehead atoms. The molecule has 0 radical (unpaired) electrons. The summed E-state index contributed by atoms with van der Waals surface area (Å²) in [6.07, 6.45) is 2.07. The first kappa shape index (κ1) is 9.66. The molecule has 1 aromatic carbocycles. The fraction of sp³-hybridized carbons (Fsp3) is 0.364. The molecule has 0 spiro atoms. The van der Waals surface area contributed by atoms with Crippen LogP contribution in [0.15, 0.2) is 12.1 Å². The van der Waals surface area contributed by atoms with Crippen LogP contribution in [0.3, 0.4) is 0 Å². The van der Waals surface area contributed by atoms with Crippen molar-refractivity contribution in [3.8, 4) is 17.7 Å². The number of fused-ring (bicyclic) bond motifs is 1. The van der Waals surface area contributed by atoms with Crippen molar-refractivity contribution in [2.24, 2.45) is 0 Å². The van der Waals surface area contributed by atoms with Gasteiger partial charge in [0.05, 0.1) is 5.69 Å². The van der Waals surface area contributed by atoms with E-state index in [-0.39, 0.29) is 0 Å². The number of benzene rings is 1. The lowest BCUT2D eigenvalue weighted by molar-refractivity contribution is 0.171. The van der Waals surface area contributed by atoms with Gasteiger partial charge in [-0.05, 0) is 18.6 Å². The molecule has 0 aliphatic carbocycles. The molecule has 0 saturated heterocycles. The molecule has 0 saturated carbocycles. The minimum Gasteiger partial charge on any atom is -0.486 e. The van der Waals surface area contributed by atoms with Gasteiger partial charge in [-0.15, -0.1) is 0 Å². The average molecular weight is 204 g/mol. The summed E-state index contributed by atoms with van der Waals surface area (Å²) < 4.78 is 10.9. The van der Waals surface area contributed by atoms with E-state index >= 15 is 0 Å². The van der Waals surface area contributed by atoms with E-state index in [0.29, 0.717) is 19.0 Å². The van der Waals surface area contributed by atoms with Crippen LogP contribution in [0.4, 0.5) is 5.69 Å². The summed E-state index contributed by atoms with van der Waals surface area (Å²) in [6, 6.07) is 3.74. The molecule has 1 aliphatic heterocycles. The Balaban J connectivity index is 2.46. The van der Waals surface area contributed by atoms with Crippen LogP contribution in [-0.4, -0.2) is 20.3 Å². The molecule has 4 nitrogen and oxygen atoms in total. The maximum atomic E-state index is 8.82. The summed E-state index contributed by atoms with van der Waals surface area (Å²) in [7, 11) is 1.72. The van der Waals surface area contributed by atoms with Crippen molar-refractivity contribution in [2.45, 2.75) is 6.92 Å². The van der Waals surface area contributed by atoms with E-state index in [9.17, 15) is 0 Å². The fourth-order valence-electron chi connectivity index (χ4n) is 1.59. The van der Waals surface area contributed by atoms with Crippen molar-refractivity contribution in [1.29, 1.82) is 5.26 Å². The largest absolute Gasteiger partial charge is 0.486 e. The zero-order valence-electron chi connectivity index (χ0n) is 8.78. The summed E-state index contributed by atoms with van der Waals surface area (Å²) in [5, 5.41) is 8.82. The summed E-state index contributed by atoms with van der Waals surface area (Å²) in [5.41, 5.74) is 1.85. The monoisotopic (exact) mass is 204 g/mol. The Hall–Kier alpha value is -1.89. The van der Waals surface area contributed by atoms with E-state index in [1.807, 2.05) is 19.1 Å². The summed E-state index contributed by atoms with van der Waals surface area (Å²) in [5.74, 6) is 1.47. The lowest BCUT2D eigenvalue weighted by Crippen LogP contribution is -2.17. The van der Waals surface area contributed by atoms with Gasteiger partial charge in [0.25, 0.3) is 0 Å². The third-order valence-electron chi connectivity index (χ3n) is 2.37. The van der Waals surface area contributed by atoms with E-state index in [4.69, 9.17) is 14.7 Å². The van der Waals surface area contributed by atoms with Crippen LogP contribution in [0.1, 0.15) is 5.56 Å². The molecular weight excluding hydrogens is 192 g/mol. The van der Waals surface area contributed by atoms with Gasteiger partial charge in [0.15, 0.2) is 17.7 Å². The first-order valence-corrected chi connectivity index (χ1v) is 4.76. The second-order valence-corrected chi connectivity index (χ2v) is 3.44. The number of nitrogens with zero attached hydrogens (tertiary/aromatic N) is 2. The van der Waals surface area contributed by atoms with Gasteiger partial charge >= 0.3 is 0 Å². The molecular formula is C11H12N2O2. The number of ether oxygens (including phenoxy) is 2. The summed E-state index contributed by atoms with van der Waals surface area (Å²) in [4.78, 5) is 1.51. The Morgan fingerprint density at radius 1 is 1.27 bits per heavy atom. The number of nitriles is 1. The maximum absolute atomic E-state index is 8.82. The molecule has 1 heterocycles. The van der Waals surface area contributed by atoms with Crippen molar-refractivity contribution in [2.75, 3.05) is 25.2 Å². The van der Waals surface area contributed by atoms with E-state index in [1.165, 1.54) is 4.90 Å². The lowest BCUT2D eigenvalue weighted by atomic mass is 10.1. The fourth-order valence-corrected chi connectivity index (χ4v) is 1.59. The van der Waals surface area contributed by atoms with E-state index in [0.717, 1.165) is 17.0 Å². The molecule has 2 rings (SSSR count). The highest BCUT2D eigenvalue weighted by atomic mass is 16.6. The Kier molecular flexibility index (Phi) is 2.38. The van der Waals surface area contributed by atoms with Crippen LogP contribution in [0, 0.1) is 18.4 Å². The van der Waals surface area contributed by atoms with Crippen LogP contribution in [-0.2, 0) is 0 Å². The molecule has 1 aliphatic rings. The number of hydrogen-bond donors (Lipinski definition) is 0. The molecule has 15 heavy (non-hydrogen) atoms. The molecule has 78 valence electrons. The topological polar surface area (TPSA) is 45.5 Å². The van der Waals surface area contributed by atoms with E-state index < -0.39 is 0 Å². The SMILES string of the molecule is Cc1cc2c(cc1N(C)C#N)OCCO2. The molecule has 1 aromatic rings. The Morgan fingerprint density at radius 3 is 2.47 bits per heavy atom. The third-order valence-corrected chi connectivity index (χ3v) is 2.37. The van der Waals surface area contributed by atoms with Gasteiger partial charge in [0.1, 0.15) is 13.2 Å². The van der Waals surface area contributed by atoms with Gasteiger partial charge in [0.2, 0.25) is 0 Å². The highest BCUT2D eigenvalue weighted by Gasteiger charge is 2.15. The predicted octanol–water partition coefficient (Wildman–Crippen LogP) is 1.68. The number of aryl methyl sites for hydroxylation is 1. The average Bonchev–Trinajstić information content (AvgIpc) is 2.27. The Labute approximate surface area is 88.6 Å². The minimum atomic E-state index is 0.561. The predicted molar refractivity (Wildman–Crippen MR) is 56.2 cm³/mol. The van der Waals surface area contributed by atoms with Crippen molar-refractivity contribution in [3.63, 3.8) is 0 Å². The van der Waals surface area contributed by atoms with Crippen molar-refractivity contribution >= 4 is 5.69 Å². The highest BCUT2D eigenvalue weighted by molar-refractivity contribution is 5.63.